The zero-order valence-corrected chi connectivity index (χ0v) is 7.10. The molecule has 0 radical (unpaired) electrons. The van der Waals surface area contributed by atoms with Gasteiger partial charge in [-0.05, 0) is 17.7 Å². The second kappa shape index (κ2) is 2.79. The zero-order valence-electron chi connectivity index (χ0n) is 6.34. The van der Waals surface area contributed by atoms with E-state index >= 15 is 0 Å². The first-order valence-corrected chi connectivity index (χ1v) is 4.09. The molecular weight excluding hydrogens is 176 g/mol. The molecule has 1 aromatic carbocycles. The van der Waals surface area contributed by atoms with Gasteiger partial charge in [0.05, 0.1) is 11.6 Å². The van der Waals surface area contributed by atoms with Crippen LogP contribution in [-0.4, -0.2) is 12.9 Å². The van der Waals surface area contributed by atoms with E-state index in [4.69, 9.17) is 16.3 Å². The molecule has 0 aromatic heterocycles. The second-order valence-corrected chi connectivity index (χ2v) is 3.10. The number of benzene rings is 1. The molecular formula is C9H7ClO2. The van der Waals surface area contributed by atoms with Crippen LogP contribution in [0, 0.1) is 0 Å². The molecule has 0 atom stereocenters. The molecule has 0 N–H and O–H groups in total. The highest BCUT2D eigenvalue weighted by atomic mass is 35.5. The lowest BCUT2D eigenvalue weighted by molar-refractivity contribution is 0.112. The summed E-state index contributed by atoms with van der Waals surface area (Å²) in [6, 6.07) is 3.49. The van der Waals surface area contributed by atoms with Crippen molar-refractivity contribution < 1.29 is 9.53 Å². The minimum atomic E-state index is 0.464. The summed E-state index contributed by atoms with van der Waals surface area (Å²) in [7, 11) is 0. The number of halogens is 1. The van der Waals surface area contributed by atoms with Crippen molar-refractivity contribution in [3.63, 3.8) is 0 Å². The van der Waals surface area contributed by atoms with Crippen molar-refractivity contribution in [3.8, 4) is 5.75 Å². The fourth-order valence-electron chi connectivity index (χ4n) is 1.31. The molecule has 0 unspecified atom stereocenters. The lowest BCUT2D eigenvalue weighted by Crippen LogP contribution is -1.86. The molecule has 12 heavy (non-hydrogen) atoms. The van der Waals surface area contributed by atoms with Crippen LogP contribution in [0.3, 0.4) is 0 Å². The van der Waals surface area contributed by atoms with Crippen molar-refractivity contribution in [1.29, 1.82) is 0 Å². The van der Waals surface area contributed by atoms with Gasteiger partial charge in [0.15, 0.2) is 6.29 Å². The number of rotatable bonds is 1. The number of carbonyl (C=O) groups is 1. The van der Waals surface area contributed by atoms with E-state index in [0.29, 0.717) is 17.2 Å². The minimum Gasteiger partial charge on any atom is -0.493 e. The summed E-state index contributed by atoms with van der Waals surface area (Å²) in [5, 5.41) is 0.464. The third kappa shape index (κ3) is 1.08. The fraction of sp³-hybridized carbons (Fsp3) is 0.222. The summed E-state index contributed by atoms with van der Waals surface area (Å²) < 4.78 is 5.28. The summed E-state index contributed by atoms with van der Waals surface area (Å²) >= 11 is 5.80. The average Bonchev–Trinajstić information content (AvgIpc) is 2.49. The molecule has 0 fully saturated rings. The van der Waals surface area contributed by atoms with Crippen LogP contribution in [0.5, 0.6) is 5.75 Å². The van der Waals surface area contributed by atoms with Gasteiger partial charge in [0.1, 0.15) is 5.75 Å². The standard InChI is InChI=1S/C9H7ClO2/c10-8-4-9-6(1-2-12-9)3-7(8)5-11/h3-5H,1-2H2. The maximum absolute atomic E-state index is 10.5. The molecule has 1 heterocycles. The van der Waals surface area contributed by atoms with Crippen LogP contribution >= 0.6 is 11.6 Å². The van der Waals surface area contributed by atoms with Gasteiger partial charge >= 0.3 is 0 Å². The zero-order chi connectivity index (χ0) is 8.55. The van der Waals surface area contributed by atoms with Gasteiger partial charge < -0.3 is 4.74 Å². The Balaban J connectivity index is 2.56. The topological polar surface area (TPSA) is 26.3 Å². The SMILES string of the molecule is O=Cc1cc2c(cc1Cl)OCC2. The van der Waals surface area contributed by atoms with E-state index in [-0.39, 0.29) is 0 Å². The van der Waals surface area contributed by atoms with E-state index in [9.17, 15) is 4.79 Å². The Morgan fingerprint density at radius 1 is 1.50 bits per heavy atom. The van der Waals surface area contributed by atoms with E-state index in [1.165, 1.54) is 0 Å². The number of ether oxygens (including phenoxy) is 1. The van der Waals surface area contributed by atoms with E-state index in [2.05, 4.69) is 0 Å². The number of fused-ring (bicyclic) bond motifs is 1. The Morgan fingerprint density at radius 2 is 2.33 bits per heavy atom. The molecule has 1 aliphatic rings. The van der Waals surface area contributed by atoms with Crippen LogP contribution < -0.4 is 4.74 Å². The molecule has 3 heteroatoms. The van der Waals surface area contributed by atoms with Gasteiger partial charge in [0.2, 0.25) is 0 Å². The normalized spacial score (nSPS) is 13.8. The van der Waals surface area contributed by atoms with Crippen molar-refractivity contribution in [3.05, 3.63) is 28.3 Å². The molecule has 2 rings (SSSR count). The van der Waals surface area contributed by atoms with Gasteiger partial charge in [0.25, 0.3) is 0 Å². The summed E-state index contributed by atoms with van der Waals surface area (Å²) in [6.07, 6.45) is 1.63. The van der Waals surface area contributed by atoms with E-state index in [1.54, 1.807) is 12.1 Å². The number of hydrogen-bond donors (Lipinski definition) is 0. The lowest BCUT2D eigenvalue weighted by atomic mass is 10.1. The molecule has 0 bridgehead atoms. The van der Waals surface area contributed by atoms with Crippen molar-refractivity contribution in [2.75, 3.05) is 6.61 Å². The average molecular weight is 183 g/mol. The van der Waals surface area contributed by atoms with Crippen LogP contribution in [0.1, 0.15) is 15.9 Å². The van der Waals surface area contributed by atoms with Crippen LogP contribution in [0.2, 0.25) is 5.02 Å². The molecule has 0 saturated heterocycles. The second-order valence-electron chi connectivity index (χ2n) is 2.70. The molecule has 62 valence electrons. The summed E-state index contributed by atoms with van der Waals surface area (Å²) in [4.78, 5) is 10.5. The maximum Gasteiger partial charge on any atom is 0.151 e. The van der Waals surface area contributed by atoms with E-state index in [0.717, 1.165) is 24.0 Å². The van der Waals surface area contributed by atoms with Gasteiger partial charge in [-0.3, -0.25) is 4.79 Å². The number of aldehydes is 1. The molecule has 0 amide bonds. The predicted octanol–water partition coefficient (Wildman–Crippen LogP) is 2.09. The van der Waals surface area contributed by atoms with Gasteiger partial charge in [-0.15, -0.1) is 0 Å². The van der Waals surface area contributed by atoms with Gasteiger partial charge in [-0.1, -0.05) is 11.6 Å². The number of carbonyl (C=O) groups excluding carboxylic acids is 1. The predicted molar refractivity (Wildman–Crippen MR) is 46.0 cm³/mol. The van der Waals surface area contributed by atoms with Crippen molar-refractivity contribution in [2.45, 2.75) is 6.42 Å². The fourth-order valence-corrected chi connectivity index (χ4v) is 1.51. The van der Waals surface area contributed by atoms with E-state index < -0.39 is 0 Å². The smallest absolute Gasteiger partial charge is 0.151 e. The van der Waals surface area contributed by atoms with Crippen LogP contribution in [-0.2, 0) is 6.42 Å². The first-order chi connectivity index (χ1) is 5.81. The number of hydrogen-bond acceptors (Lipinski definition) is 2. The third-order valence-corrected chi connectivity index (χ3v) is 2.26. The largest absolute Gasteiger partial charge is 0.493 e. The van der Waals surface area contributed by atoms with Crippen LogP contribution in [0.4, 0.5) is 0 Å². The van der Waals surface area contributed by atoms with Crippen molar-refractivity contribution in [2.24, 2.45) is 0 Å². The van der Waals surface area contributed by atoms with Crippen molar-refractivity contribution >= 4 is 17.9 Å². The Labute approximate surface area is 75.1 Å². The monoisotopic (exact) mass is 182 g/mol. The highest BCUT2D eigenvalue weighted by molar-refractivity contribution is 6.33. The van der Waals surface area contributed by atoms with E-state index in [1.807, 2.05) is 0 Å². The Bertz CT molecular complexity index is 334. The third-order valence-electron chi connectivity index (χ3n) is 1.94. The first kappa shape index (κ1) is 7.62. The summed E-state index contributed by atoms with van der Waals surface area (Å²) in [5.41, 5.74) is 1.61. The minimum absolute atomic E-state index is 0.464. The summed E-state index contributed by atoms with van der Waals surface area (Å²) in [5.74, 6) is 0.811. The molecule has 2 nitrogen and oxygen atoms in total. The van der Waals surface area contributed by atoms with Crippen LogP contribution in [0.25, 0.3) is 0 Å². The molecule has 0 aliphatic carbocycles. The molecule has 1 aliphatic heterocycles. The highest BCUT2D eigenvalue weighted by Gasteiger charge is 2.14. The lowest BCUT2D eigenvalue weighted by Gasteiger charge is -2.00. The first-order valence-electron chi connectivity index (χ1n) is 3.71. The molecule has 1 aromatic rings. The van der Waals surface area contributed by atoms with Gasteiger partial charge in [0, 0.05) is 12.0 Å². The van der Waals surface area contributed by atoms with Gasteiger partial charge in [-0.2, -0.15) is 0 Å². The van der Waals surface area contributed by atoms with Crippen molar-refractivity contribution in [1.82, 2.24) is 0 Å². The summed E-state index contributed by atoms with van der Waals surface area (Å²) in [6.45, 7) is 0.688. The molecule has 0 saturated carbocycles. The Hall–Kier alpha value is -1.02. The Kier molecular flexibility index (Phi) is 1.77. The van der Waals surface area contributed by atoms with Crippen LogP contribution in [0.15, 0.2) is 12.1 Å². The van der Waals surface area contributed by atoms with Gasteiger partial charge in [-0.25, -0.2) is 0 Å². The Morgan fingerprint density at radius 3 is 3.08 bits per heavy atom. The quantitative estimate of drug-likeness (QED) is 0.622. The highest BCUT2D eigenvalue weighted by Crippen LogP contribution is 2.30. The maximum atomic E-state index is 10.5. The molecule has 0 spiro atoms.